The molecule has 1 nitrogen and oxygen atoms in total. The van der Waals surface area contributed by atoms with Crippen LogP contribution in [0.15, 0.2) is 12.1 Å². The maximum Gasteiger partial charge on any atom is 0.407 e. The third-order valence-electron chi connectivity index (χ3n) is 1.74. The van der Waals surface area contributed by atoms with Crippen molar-refractivity contribution in [2.45, 2.75) is 12.2 Å². The molecule has 92 valence electrons. The molecule has 0 aliphatic carbocycles. The van der Waals surface area contributed by atoms with Gasteiger partial charge in [-0.05, 0) is 12.1 Å². The molecule has 8 heteroatoms. The molecule has 0 radical (unpaired) electrons. The second-order valence-electron chi connectivity index (χ2n) is 2.78. The second-order valence-corrected chi connectivity index (χ2v) is 3.56. The van der Waals surface area contributed by atoms with Gasteiger partial charge >= 0.3 is 6.18 Å². The molecule has 0 saturated carbocycles. The second kappa shape index (κ2) is 5.40. The summed E-state index contributed by atoms with van der Waals surface area (Å²) in [6.07, 6.45) is -4.77. The van der Waals surface area contributed by atoms with Crippen molar-refractivity contribution in [1.29, 1.82) is 0 Å². The lowest BCUT2D eigenvalue weighted by atomic mass is 10.1. The minimum Gasteiger partial charge on any atom is -0.316 e. The standard InChI is InChI=1S/C8H5Cl2F4N.ClH/c9-3-1-2-4(11)5(6(3)10)7(15)8(12,13)14;/h1-2,7H,15H2;1H/t7-;/m0./s1. The lowest BCUT2D eigenvalue weighted by Crippen LogP contribution is -2.29. The Morgan fingerprint density at radius 3 is 2.12 bits per heavy atom. The van der Waals surface area contributed by atoms with Crippen LogP contribution in [0.25, 0.3) is 0 Å². The zero-order valence-corrected chi connectivity index (χ0v) is 9.81. The molecule has 1 aromatic carbocycles. The van der Waals surface area contributed by atoms with E-state index in [-0.39, 0.29) is 17.4 Å². The zero-order valence-electron chi connectivity index (χ0n) is 7.49. The highest BCUT2D eigenvalue weighted by molar-refractivity contribution is 6.42. The van der Waals surface area contributed by atoms with Crippen LogP contribution in [0.2, 0.25) is 10.0 Å². The molecule has 0 bridgehead atoms. The van der Waals surface area contributed by atoms with E-state index < -0.39 is 28.6 Å². The first kappa shape index (κ1) is 15.8. The Kier molecular flexibility index (Phi) is 5.32. The van der Waals surface area contributed by atoms with Crippen molar-refractivity contribution in [2.75, 3.05) is 0 Å². The van der Waals surface area contributed by atoms with Gasteiger partial charge in [-0.1, -0.05) is 23.2 Å². The predicted octanol–water partition coefficient (Wildman–Crippen LogP) is 4.12. The lowest BCUT2D eigenvalue weighted by molar-refractivity contribution is -0.149. The lowest BCUT2D eigenvalue weighted by Gasteiger charge is -2.18. The molecule has 16 heavy (non-hydrogen) atoms. The molecular weight excluding hydrogens is 292 g/mol. The van der Waals surface area contributed by atoms with Crippen molar-refractivity contribution >= 4 is 35.6 Å². The Morgan fingerprint density at radius 2 is 1.69 bits per heavy atom. The summed E-state index contributed by atoms with van der Waals surface area (Å²) in [5, 5.41) is -0.686. The van der Waals surface area contributed by atoms with Gasteiger partial charge in [-0.15, -0.1) is 12.4 Å². The van der Waals surface area contributed by atoms with Gasteiger partial charge < -0.3 is 5.73 Å². The fourth-order valence-electron chi connectivity index (χ4n) is 0.992. The first-order chi connectivity index (χ1) is 6.75. The first-order valence-corrected chi connectivity index (χ1v) is 4.46. The fourth-order valence-corrected chi connectivity index (χ4v) is 1.43. The van der Waals surface area contributed by atoms with E-state index in [4.69, 9.17) is 28.9 Å². The van der Waals surface area contributed by atoms with Crippen molar-refractivity contribution in [2.24, 2.45) is 5.73 Å². The molecule has 0 amide bonds. The minimum atomic E-state index is -4.77. The molecule has 0 unspecified atom stereocenters. The monoisotopic (exact) mass is 297 g/mol. The van der Waals surface area contributed by atoms with Gasteiger partial charge in [0.15, 0.2) is 0 Å². The summed E-state index contributed by atoms with van der Waals surface area (Å²) < 4.78 is 49.8. The first-order valence-electron chi connectivity index (χ1n) is 3.71. The summed E-state index contributed by atoms with van der Waals surface area (Å²) in [6.45, 7) is 0. The van der Waals surface area contributed by atoms with Gasteiger partial charge in [0.25, 0.3) is 0 Å². The average molecular weight is 298 g/mol. The Bertz CT molecular complexity index is 380. The van der Waals surface area contributed by atoms with Crippen LogP contribution in [0.3, 0.4) is 0 Å². The number of alkyl halides is 3. The normalized spacial score (nSPS) is 13.2. The highest BCUT2D eigenvalue weighted by Crippen LogP contribution is 2.38. The average Bonchev–Trinajstić information content (AvgIpc) is 2.10. The van der Waals surface area contributed by atoms with E-state index in [0.29, 0.717) is 0 Å². The fraction of sp³-hybridized carbons (Fsp3) is 0.250. The van der Waals surface area contributed by atoms with Crippen molar-refractivity contribution in [1.82, 2.24) is 0 Å². The van der Waals surface area contributed by atoms with Crippen LogP contribution in [0, 0.1) is 5.82 Å². The largest absolute Gasteiger partial charge is 0.407 e. The highest BCUT2D eigenvalue weighted by Gasteiger charge is 2.40. The van der Waals surface area contributed by atoms with Crippen LogP contribution >= 0.6 is 35.6 Å². The Balaban J connectivity index is 0.00000225. The number of hydrogen-bond donors (Lipinski definition) is 1. The minimum absolute atomic E-state index is 0. The summed E-state index contributed by atoms with van der Waals surface area (Å²) in [5.41, 5.74) is 4.00. The Labute approximate surface area is 105 Å². The number of rotatable bonds is 1. The van der Waals surface area contributed by atoms with Crippen LogP contribution < -0.4 is 5.73 Å². The van der Waals surface area contributed by atoms with Crippen LogP contribution in [-0.2, 0) is 0 Å². The number of nitrogens with two attached hydrogens (primary N) is 1. The maximum atomic E-state index is 13.1. The van der Waals surface area contributed by atoms with E-state index in [2.05, 4.69) is 0 Å². The molecule has 0 aliphatic rings. The SMILES string of the molecule is Cl.N[C@@H](c1c(F)ccc(Cl)c1Cl)C(F)(F)F. The van der Waals surface area contributed by atoms with Gasteiger partial charge in [0, 0.05) is 5.56 Å². The van der Waals surface area contributed by atoms with E-state index in [1.165, 1.54) is 0 Å². The number of benzene rings is 1. The van der Waals surface area contributed by atoms with Crippen LogP contribution in [0.5, 0.6) is 0 Å². The molecule has 2 N–H and O–H groups in total. The molecule has 0 aromatic heterocycles. The third-order valence-corrected chi connectivity index (χ3v) is 2.56. The van der Waals surface area contributed by atoms with E-state index >= 15 is 0 Å². The van der Waals surface area contributed by atoms with Gasteiger partial charge in [0.2, 0.25) is 0 Å². The quantitative estimate of drug-likeness (QED) is 0.612. The molecule has 0 spiro atoms. The van der Waals surface area contributed by atoms with E-state index in [1.807, 2.05) is 0 Å². The summed E-state index contributed by atoms with van der Waals surface area (Å²) in [6, 6.07) is -0.635. The van der Waals surface area contributed by atoms with E-state index in [0.717, 1.165) is 12.1 Å². The number of hydrogen-bond acceptors (Lipinski definition) is 1. The molecule has 1 rings (SSSR count). The van der Waals surface area contributed by atoms with Gasteiger partial charge in [-0.2, -0.15) is 13.2 Å². The summed E-state index contributed by atoms with van der Waals surface area (Å²) >= 11 is 10.9. The predicted molar refractivity (Wildman–Crippen MR) is 56.7 cm³/mol. The Morgan fingerprint density at radius 1 is 1.19 bits per heavy atom. The summed E-state index contributed by atoms with van der Waals surface area (Å²) in [7, 11) is 0. The Hall–Kier alpha value is -0.230. The molecule has 0 fully saturated rings. The molecular formula is C8H6Cl3F4N. The van der Waals surface area contributed by atoms with E-state index in [9.17, 15) is 17.6 Å². The van der Waals surface area contributed by atoms with Crippen molar-refractivity contribution in [3.05, 3.63) is 33.6 Å². The summed E-state index contributed by atoms with van der Waals surface area (Å²) in [4.78, 5) is 0. The van der Waals surface area contributed by atoms with Crippen molar-refractivity contribution in [3.63, 3.8) is 0 Å². The summed E-state index contributed by atoms with van der Waals surface area (Å²) in [5.74, 6) is -1.13. The maximum absolute atomic E-state index is 13.1. The van der Waals surface area contributed by atoms with Crippen LogP contribution in [0.4, 0.5) is 17.6 Å². The van der Waals surface area contributed by atoms with Crippen molar-refractivity contribution < 1.29 is 17.6 Å². The van der Waals surface area contributed by atoms with Gasteiger partial charge in [-0.3, -0.25) is 0 Å². The van der Waals surface area contributed by atoms with Crippen LogP contribution in [-0.4, -0.2) is 6.18 Å². The third kappa shape index (κ3) is 3.13. The van der Waals surface area contributed by atoms with E-state index in [1.54, 1.807) is 0 Å². The molecule has 0 saturated heterocycles. The van der Waals surface area contributed by atoms with Gasteiger partial charge in [-0.25, -0.2) is 4.39 Å². The van der Waals surface area contributed by atoms with Gasteiger partial charge in [0.05, 0.1) is 10.0 Å². The highest BCUT2D eigenvalue weighted by atomic mass is 35.5. The number of halogens is 7. The molecule has 1 atom stereocenters. The molecule has 0 aliphatic heterocycles. The van der Waals surface area contributed by atoms with Crippen LogP contribution in [0.1, 0.15) is 11.6 Å². The zero-order chi connectivity index (χ0) is 11.8. The molecule has 0 heterocycles. The van der Waals surface area contributed by atoms with Crippen molar-refractivity contribution in [3.8, 4) is 0 Å². The smallest absolute Gasteiger partial charge is 0.316 e. The topological polar surface area (TPSA) is 26.0 Å². The molecule has 1 aromatic rings. The van der Waals surface area contributed by atoms with Gasteiger partial charge in [0.1, 0.15) is 11.9 Å².